The van der Waals surface area contributed by atoms with E-state index in [1.54, 1.807) is 0 Å². The highest BCUT2D eigenvalue weighted by Crippen LogP contribution is 2.35. The van der Waals surface area contributed by atoms with Crippen LogP contribution in [0.5, 0.6) is 0 Å². The van der Waals surface area contributed by atoms with Gasteiger partial charge in [-0.3, -0.25) is 4.79 Å². The Morgan fingerprint density at radius 2 is 2.20 bits per heavy atom. The van der Waals surface area contributed by atoms with Crippen molar-refractivity contribution in [2.45, 2.75) is 76.9 Å². The first-order valence-corrected chi connectivity index (χ1v) is 8.28. The smallest absolute Gasteiger partial charge is 0.237 e. The van der Waals surface area contributed by atoms with Gasteiger partial charge in [-0.15, -0.1) is 0 Å². The second-order valence-corrected chi connectivity index (χ2v) is 7.05. The summed E-state index contributed by atoms with van der Waals surface area (Å²) in [6.45, 7) is 8.87. The molecular weight excluding hydrogens is 250 g/mol. The van der Waals surface area contributed by atoms with E-state index in [0.29, 0.717) is 12.1 Å². The van der Waals surface area contributed by atoms with E-state index in [1.807, 2.05) is 0 Å². The van der Waals surface area contributed by atoms with E-state index in [-0.39, 0.29) is 5.91 Å². The Bertz CT molecular complexity index is 345. The van der Waals surface area contributed by atoms with E-state index in [0.717, 1.165) is 25.2 Å². The van der Waals surface area contributed by atoms with Crippen molar-refractivity contribution in [1.29, 1.82) is 0 Å². The second-order valence-electron chi connectivity index (χ2n) is 7.05. The summed E-state index contributed by atoms with van der Waals surface area (Å²) < 4.78 is 0. The third kappa shape index (κ3) is 3.34. The summed E-state index contributed by atoms with van der Waals surface area (Å²) in [7, 11) is 0. The normalized spacial score (nSPS) is 35.6. The number of rotatable bonds is 5. The van der Waals surface area contributed by atoms with Crippen LogP contribution in [0.3, 0.4) is 0 Å². The second kappa shape index (κ2) is 6.44. The molecule has 4 nitrogen and oxygen atoms in total. The summed E-state index contributed by atoms with van der Waals surface area (Å²) in [6, 6.07) is 0.828. The van der Waals surface area contributed by atoms with E-state index in [1.165, 1.54) is 32.4 Å². The molecule has 0 aromatic carbocycles. The summed E-state index contributed by atoms with van der Waals surface area (Å²) in [4.78, 5) is 14.6. The molecule has 4 heteroatoms. The number of carbonyl (C=O) groups is 1. The molecule has 2 rings (SSSR count). The van der Waals surface area contributed by atoms with Crippen LogP contribution in [0.4, 0.5) is 0 Å². The topological polar surface area (TPSA) is 58.4 Å². The fraction of sp³-hybridized carbons (Fsp3) is 0.938. The van der Waals surface area contributed by atoms with Crippen molar-refractivity contribution in [2.75, 3.05) is 13.1 Å². The van der Waals surface area contributed by atoms with Gasteiger partial charge in [0.2, 0.25) is 5.91 Å². The van der Waals surface area contributed by atoms with E-state index in [4.69, 9.17) is 5.73 Å². The molecule has 1 saturated carbocycles. The summed E-state index contributed by atoms with van der Waals surface area (Å²) in [5, 5.41) is 3.45. The molecule has 0 bridgehead atoms. The number of hydrogen-bond donors (Lipinski definition) is 2. The maximum atomic E-state index is 11.9. The van der Waals surface area contributed by atoms with E-state index in [2.05, 4.69) is 31.0 Å². The molecule has 20 heavy (non-hydrogen) atoms. The average molecular weight is 281 g/mol. The molecule has 0 aromatic heterocycles. The third-order valence-corrected chi connectivity index (χ3v) is 5.17. The molecule has 0 radical (unpaired) electrons. The van der Waals surface area contributed by atoms with Crippen molar-refractivity contribution in [3.05, 3.63) is 0 Å². The standard InChI is InChI=1S/C16H31N3O/c1-4-13-6-5-9-19(11-13)14-7-8-16(10-14,15(17)20)18-12(2)3/h12-14,18H,4-11H2,1-3H3,(H2,17,20). The first-order chi connectivity index (χ1) is 9.47. The molecule has 0 spiro atoms. The molecule has 3 N–H and O–H groups in total. The molecule has 3 unspecified atom stereocenters. The van der Waals surface area contributed by atoms with Crippen molar-refractivity contribution in [2.24, 2.45) is 11.7 Å². The Labute approximate surface area is 123 Å². The van der Waals surface area contributed by atoms with Gasteiger partial charge in [0.05, 0.1) is 5.54 Å². The van der Waals surface area contributed by atoms with Crippen molar-refractivity contribution in [3.8, 4) is 0 Å². The quantitative estimate of drug-likeness (QED) is 0.809. The summed E-state index contributed by atoms with van der Waals surface area (Å²) in [5.74, 6) is 0.670. The van der Waals surface area contributed by atoms with Crippen LogP contribution in [-0.4, -0.2) is 41.5 Å². The summed E-state index contributed by atoms with van der Waals surface area (Å²) in [6.07, 6.45) is 6.81. The van der Waals surface area contributed by atoms with E-state index >= 15 is 0 Å². The molecular formula is C16H31N3O. The molecule has 1 saturated heterocycles. The zero-order chi connectivity index (χ0) is 14.8. The lowest BCUT2D eigenvalue weighted by atomic mass is 9.92. The van der Waals surface area contributed by atoms with Crippen molar-refractivity contribution in [3.63, 3.8) is 0 Å². The molecule has 1 aliphatic heterocycles. The van der Waals surface area contributed by atoms with Crippen LogP contribution in [0.1, 0.15) is 59.3 Å². The third-order valence-electron chi connectivity index (χ3n) is 5.17. The van der Waals surface area contributed by atoms with Gasteiger partial charge in [0.1, 0.15) is 0 Å². The number of hydrogen-bond acceptors (Lipinski definition) is 3. The van der Waals surface area contributed by atoms with E-state index < -0.39 is 5.54 Å². The van der Waals surface area contributed by atoms with Gasteiger partial charge in [0, 0.05) is 18.6 Å². The highest BCUT2D eigenvalue weighted by Gasteiger charge is 2.46. The van der Waals surface area contributed by atoms with Crippen LogP contribution in [0.2, 0.25) is 0 Å². The van der Waals surface area contributed by atoms with Crippen LogP contribution in [0.25, 0.3) is 0 Å². The molecule has 1 amide bonds. The largest absolute Gasteiger partial charge is 0.368 e. The first kappa shape index (κ1) is 15.8. The number of nitrogens with two attached hydrogens (primary N) is 1. The Morgan fingerprint density at radius 3 is 2.80 bits per heavy atom. The number of likely N-dealkylation sites (tertiary alicyclic amines) is 1. The van der Waals surface area contributed by atoms with Gasteiger partial charge in [-0.05, 0) is 58.4 Å². The zero-order valence-electron chi connectivity index (χ0n) is 13.3. The number of primary amides is 1. The number of nitrogens with one attached hydrogen (secondary N) is 1. The van der Waals surface area contributed by atoms with Crippen LogP contribution in [-0.2, 0) is 4.79 Å². The van der Waals surface area contributed by atoms with Gasteiger partial charge in [0.15, 0.2) is 0 Å². The number of amides is 1. The Balaban J connectivity index is 2.00. The van der Waals surface area contributed by atoms with Gasteiger partial charge in [-0.2, -0.15) is 0 Å². The average Bonchev–Trinajstić information content (AvgIpc) is 2.83. The van der Waals surface area contributed by atoms with Crippen LogP contribution >= 0.6 is 0 Å². The first-order valence-electron chi connectivity index (χ1n) is 8.28. The Morgan fingerprint density at radius 1 is 1.45 bits per heavy atom. The van der Waals surface area contributed by atoms with Crippen LogP contribution in [0.15, 0.2) is 0 Å². The highest BCUT2D eigenvalue weighted by atomic mass is 16.1. The lowest BCUT2D eigenvalue weighted by Gasteiger charge is -2.37. The summed E-state index contributed by atoms with van der Waals surface area (Å²) in [5.41, 5.74) is 5.23. The van der Waals surface area contributed by atoms with Crippen molar-refractivity contribution in [1.82, 2.24) is 10.2 Å². The molecule has 1 aliphatic carbocycles. The van der Waals surface area contributed by atoms with Crippen LogP contribution < -0.4 is 11.1 Å². The highest BCUT2D eigenvalue weighted by molar-refractivity contribution is 5.85. The molecule has 2 fully saturated rings. The number of piperidine rings is 1. The monoisotopic (exact) mass is 281 g/mol. The Kier molecular flexibility index (Phi) is 5.08. The molecule has 116 valence electrons. The fourth-order valence-corrected chi connectivity index (χ4v) is 4.07. The minimum Gasteiger partial charge on any atom is -0.368 e. The Hall–Kier alpha value is -0.610. The molecule has 0 aromatic rings. The lowest BCUT2D eigenvalue weighted by molar-refractivity contribution is -0.124. The van der Waals surface area contributed by atoms with Gasteiger partial charge in [-0.1, -0.05) is 13.3 Å². The lowest BCUT2D eigenvalue weighted by Crippen LogP contribution is -2.57. The minimum absolute atomic E-state index is 0.169. The van der Waals surface area contributed by atoms with Gasteiger partial charge < -0.3 is 16.0 Å². The van der Waals surface area contributed by atoms with E-state index in [9.17, 15) is 4.79 Å². The summed E-state index contributed by atoms with van der Waals surface area (Å²) >= 11 is 0. The zero-order valence-corrected chi connectivity index (χ0v) is 13.3. The van der Waals surface area contributed by atoms with Crippen molar-refractivity contribution < 1.29 is 4.79 Å². The number of carbonyl (C=O) groups excluding carboxylic acids is 1. The van der Waals surface area contributed by atoms with Crippen molar-refractivity contribution >= 4 is 5.91 Å². The maximum absolute atomic E-state index is 11.9. The number of nitrogens with zero attached hydrogens (tertiary/aromatic N) is 1. The molecule has 3 atom stereocenters. The van der Waals surface area contributed by atoms with Crippen LogP contribution in [0, 0.1) is 5.92 Å². The predicted octanol–water partition coefficient (Wildman–Crippen LogP) is 1.88. The van der Waals surface area contributed by atoms with Gasteiger partial charge >= 0.3 is 0 Å². The SMILES string of the molecule is CCC1CCCN(C2CCC(NC(C)C)(C(N)=O)C2)C1. The van der Waals surface area contributed by atoms with Gasteiger partial charge in [0.25, 0.3) is 0 Å². The predicted molar refractivity (Wildman–Crippen MR) is 82.4 cm³/mol. The fourth-order valence-electron chi connectivity index (χ4n) is 4.07. The molecule has 1 heterocycles. The van der Waals surface area contributed by atoms with Gasteiger partial charge in [-0.25, -0.2) is 0 Å². The maximum Gasteiger partial charge on any atom is 0.237 e. The molecule has 2 aliphatic rings. The minimum atomic E-state index is -0.474.